The van der Waals surface area contributed by atoms with Gasteiger partial charge in [0.05, 0.1) is 21.2 Å². The minimum Gasteiger partial charge on any atom is -0.282 e. The van der Waals surface area contributed by atoms with Gasteiger partial charge in [0.1, 0.15) is 5.52 Å². The van der Waals surface area contributed by atoms with Crippen LogP contribution in [-0.4, -0.2) is 53.0 Å². The third-order valence-electron chi connectivity index (χ3n) is 6.21. The zero-order valence-corrected chi connectivity index (χ0v) is 24.0. The highest BCUT2D eigenvalue weighted by molar-refractivity contribution is 7.89. The summed E-state index contributed by atoms with van der Waals surface area (Å²) in [5.41, 5.74) is 1.02. The molecule has 0 aliphatic heterocycles. The summed E-state index contributed by atoms with van der Waals surface area (Å²) in [4.78, 5) is 20.2. The number of aromatic nitrogens is 3. The van der Waals surface area contributed by atoms with Crippen molar-refractivity contribution in [2.75, 3.05) is 24.5 Å². The van der Waals surface area contributed by atoms with Crippen molar-refractivity contribution in [1.82, 2.24) is 19.1 Å². The van der Waals surface area contributed by atoms with Crippen LogP contribution in [0.2, 0.25) is 5.02 Å². The van der Waals surface area contributed by atoms with Gasteiger partial charge in [0.15, 0.2) is 5.13 Å². The van der Waals surface area contributed by atoms with Crippen LogP contribution >= 0.6 is 22.9 Å². The van der Waals surface area contributed by atoms with Gasteiger partial charge in [-0.1, -0.05) is 55.7 Å². The van der Waals surface area contributed by atoms with Crippen molar-refractivity contribution in [2.45, 2.75) is 51.0 Å². The zero-order chi connectivity index (χ0) is 27.1. The maximum Gasteiger partial charge on any atom is 0.260 e. The molecule has 4 aromatic rings. The number of nitrogens with zero attached hydrogens (tertiary/aromatic N) is 5. The maximum absolute atomic E-state index is 13.7. The number of benzene rings is 2. The van der Waals surface area contributed by atoms with Crippen molar-refractivity contribution in [1.29, 1.82) is 0 Å². The van der Waals surface area contributed by atoms with Gasteiger partial charge in [-0.2, -0.15) is 9.40 Å². The first kappa shape index (κ1) is 28.2. The molecule has 0 spiro atoms. The van der Waals surface area contributed by atoms with Crippen molar-refractivity contribution in [3.63, 3.8) is 0 Å². The number of rotatable bonds is 13. The second-order valence-corrected chi connectivity index (χ2v) is 12.3. The molecule has 0 N–H and O–H groups in total. The lowest BCUT2D eigenvalue weighted by Gasteiger charge is -2.22. The highest BCUT2D eigenvalue weighted by atomic mass is 35.5. The van der Waals surface area contributed by atoms with E-state index in [1.165, 1.54) is 23.5 Å². The van der Waals surface area contributed by atoms with Gasteiger partial charge >= 0.3 is 0 Å². The number of halogens is 1. The van der Waals surface area contributed by atoms with E-state index in [0.29, 0.717) is 47.4 Å². The molecule has 2 aromatic heterocycles. The van der Waals surface area contributed by atoms with Gasteiger partial charge in [0.2, 0.25) is 10.0 Å². The number of thiazole rings is 1. The largest absolute Gasteiger partial charge is 0.282 e. The molecule has 8 nitrogen and oxygen atoms in total. The molecule has 0 aliphatic carbocycles. The van der Waals surface area contributed by atoms with Crippen LogP contribution in [0.5, 0.6) is 0 Å². The van der Waals surface area contributed by atoms with Crippen molar-refractivity contribution in [3.8, 4) is 0 Å². The van der Waals surface area contributed by atoms with Gasteiger partial charge in [-0.15, -0.1) is 0 Å². The molecule has 11 heteroatoms. The summed E-state index contributed by atoms with van der Waals surface area (Å²) < 4.78 is 30.9. The third kappa shape index (κ3) is 6.43. The number of hydrogen-bond acceptors (Lipinski definition) is 6. The Morgan fingerprint density at radius 2 is 1.71 bits per heavy atom. The van der Waals surface area contributed by atoms with Crippen LogP contribution in [0.3, 0.4) is 0 Å². The number of hydrogen-bond donors (Lipinski definition) is 0. The number of carbonyl (C=O) groups excluding carboxylic acids is 1. The number of carbonyl (C=O) groups is 1. The average molecular weight is 574 g/mol. The van der Waals surface area contributed by atoms with E-state index in [-0.39, 0.29) is 10.8 Å². The van der Waals surface area contributed by atoms with Crippen LogP contribution in [0, 0.1) is 0 Å². The average Bonchev–Trinajstić information content (AvgIpc) is 3.60. The molecular formula is C27H32ClN5O3S2. The van der Waals surface area contributed by atoms with Crippen molar-refractivity contribution < 1.29 is 13.2 Å². The molecule has 0 atom stereocenters. The molecule has 0 saturated heterocycles. The summed E-state index contributed by atoms with van der Waals surface area (Å²) in [6.07, 6.45) is 6.95. The Balaban J connectivity index is 1.61. The van der Waals surface area contributed by atoms with E-state index in [4.69, 9.17) is 11.6 Å². The van der Waals surface area contributed by atoms with E-state index < -0.39 is 10.0 Å². The SMILES string of the molecule is CCCCN(CCCC)S(=O)(=O)c1ccc(C(=O)N(CCn2cccn2)c2nc3c(Cl)cccc3s2)cc1. The molecule has 0 saturated carbocycles. The van der Waals surface area contributed by atoms with Crippen LogP contribution in [0.1, 0.15) is 49.9 Å². The molecular weight excluding hydrogens is 542 g/mol. The fourth-order valence-electron chi connectivity index (χ4n) is 4.03. The predicted molar refractivity (Wildman–Crippen MR) is 154 cm³/mol. The van der Waals surface area contributed by atoms with Crippen LogP contribution in [-0.2, 0) is 16.6 Å². The van der Waals surface area contributed by atoms with Crippen LogP contribution in [0.4, 0.5) is 5.13 Å². The molecule has 1 amide bonds. The molecule has 2 heterocycles. The maximum atomic E-state index is 13.7. The summed E-state index contributed by atoms with van der Waals surface area (Å²) in [6.45, 7) is 5.87. The van der Waals surface area contributed by atoms with Crippen LogP contribution < -0.4 is 4.90 Å². The minimum absolute atomic E-state index is 0.191. The van der Waals surface area contributed by atoms with Gasteiger partial charge in [-0.25, -0.2) is 13.4 Å². The normalized spacial score (nSPS) is 11.9. The number of para-hydroxylation sites is 1. The molecule has 0 radical (unpaired) electrons. The van der Waals surface area contributed by atoms with E-state index in [1.807, 2.05) is 38.2 Å². The Morgan fingerprint density at radius 3 is 2.32 bits per heavy atom. The van der Waals surface area contributed by atoms with Gasteiger partial charge in [-0.3, -0.25) is 14.4 Å². The second-order valence-electron chi connectivity index (χ2n) is 8.94. The summed E-state index contributed by atoms with van der Waals surface area (Å²) in [6, 6.07) is 13.6. The lowest BCUT2D eigenvalue weighted by atomic mass is 10.2. The minimum atomic E-state index is -3.65. The summed E-state index contributed by atoms with van der Waals surface area (Å²) >= 11 is 7.73. The van der Waals surface area contributed by atoms with E-state index in [0.717, 1.165) is 30.4 Å². The van der Waals surface area contributed by atoms with Crippen molar-refractivity contribution in [2.24, 2.45) is 0 Å². The fraction of sp³-hybridized carbons (Fsp3) is 0.370. The van der Waals surface area contributed by atoms with Crippen LogP contribution in [0.15, 0.2) is 65.8 Å². The Morgan fingerprint density at radius 1 is 1.00 bits per heavy atom. The van der Waals surface area contributed by atoms with Crippen LogP contribution in [0.25, 0.3) is 10.2 Å². The first-order valence-corrected chi connectivity index (χ1v) is 15.4. The topological polar surface area (TPSA) is 88.4 Å². The highest BCUT2D eigenvalue weighted by Gasteiger charge is 2.26. The second kappa shape index (κ2) is 12.8. The van der Waals surface area contributed by atoms with E-state index >= 15 is 0 Å². The number of anilines is 1. The quantitative estimate of drug-likeness (QED) is 0.193. The Hall–Kier alpha value is -2.79. The van der Waals surface area contributed by atoms with Gasteiger partial charge in [-0.05, 0) is 55.3 Å². The first-order chi connectivity index (χ1) is 18.3. The summed E-state index contributed by atoms with van der Waals surface area (Å²) in [5, 5.41) is 5.28. The molecule has 0 unspecified atom stereocenters. The van der Waals surface area contributed by atoms with Gasteiger partial charge in [0.25, 0.3) is 5.91 Å². The zero-order valence-electron chi connectivity index (χ0n) is 21.6. The van der Waals surface area contributed by atoms with Crippen molar-refractivity contribution in [3.05, 3.63) is 71.5 Å². The molecule has 2 aromatic carbocycles. The smallest absolute Gasteiger partial charge is 0.260 e. The standard InChI is InChI=1S/C27H32ClN5O3S2/c1-3-5-17-32(18-6-4-2)38(35,36)22-13-11-21(12-14-22)26(34)33(20-19-31-16-8-15-29-31)27-30-25-23(28)9-7-10-24(25)37-27/h7-16H,3-6,17-20H2,1-2H3. The van der Waals surface area contributed by atoms with Crippen molar-refractivity contribution >= 4 is 54.2 Å². The van der Waals surface area contributed by atoms with E-state index in [2.05, 4.69) is 10.1 Å². The summed E-state index contributed by atoms with van der Waals surface area (Å²) in [5.74, 6) is -0.273. The monoisotopic (exact) mass is 573 g/mol. The Labute approximate surface area is 232 Å². The van der Waals surface area contributed by atoms with E-state index in [9.17, 15) is 13.2 Å². The first-order valence-electron chi connectivity index (χ1n) is 12.8. The number of unbranched alkanes of at least 4 members (excludes halogenated alkanes) is 2. The number of sulfonamides is 1. The molecule has 4 rings (SSSR count). The van der Waals surface area contributed by atoms with E-state index in [1.54, 1.807) is 38.3 Å². The Bertz CT molecular complexity index is 1450. The molecule has 202 valence electrons. The fourth-order valence-corrected chi connectivity index (χ4v) is 6.84. The Kier molecular flexibility index (Phi) is 9.54. The van der Waals surface area contributed by atoms with Gasteiger partial charge < -0.3 is 0 Å². The molecule has 0 bridgehead atoms. The summed E-state index contributed by atoms with van der Waals surface area (Å²) in [7, 11) is -3.65. The lowest BCUT2D eigenvalue weighted by Crippen LogP contribution is -2.34. The molecule has 0 fully saturated rings. The number of fused-ring (bicyclic) bond motifs is 1. The molecule has 38 heavy (non-hydrogen) atoms. The third-order valence-corrected chi connectivity index (χ3v) is 9.47. The van der Waals surface area contributed by atoms with Gasteiger partial charge in [0, 0.05) is 37.6 Å². The highest BCUT2D eigenvalue weighted by Crippen LogP contribution is 2.33. The lowest BCUT2D eigenvalue weighted by molar-refractivity contribution is 0.0985. The predicted octanol–water partition coefficient (Wildman–Crippen LogP) is 6.08. The number of amides is 1. The molecule has 0 aliphatic rings.